The van der Waals surface area contributed by atoms with Gasteiger partial charge in [0.2, 0.25) is 0 Å². The monoisotopic (exact) mass is 766 g/mol. The molecular formula is C53H36F2N4. The minimum Gasteiger partial charge on any atom is -0.308 e. The maximum absolute atomic E-state index is 15.6. The molecular weight excluding hydrogens is 731 g/mol. The first-order valence-corrected chi connectivity index (χ1v) is 19.6. The Morgan fingerprint density at radius 1 is 0.373 bits per heavy atom. The summed E-state index contributed by atoms with van der Waals surface area (Å²) in [6.07, 6.45) is 0. The summed E-state index contributed by atoms with van der Waals surface area (Å²) in [5, 5.41) is 2.12. The Hall–Kier alpha value is -7.57. The predicted octanol–water partition coefficient (Wildman–Crippen LogP) is 13.9. The van der Waals surface area contributed by atoms with Crippen molar-refractivity contribution in [3.63, 3.8) is 0 Å². The average molecular weight is 767 g/mol. The van der Waals surface area contributed by atoms with Crippen LogP contribution in [0.25, 0.3) is 95.0 Å². The lowest BCUT2D eigenvalue weighted by atomic mass is 9.99. The van der Waals surface area contributed by atoms with Crippen molar-refractivity contribution in [1.29, 1.82) is 0 Å². The first kappa shape index (κ1) is 35.8. The molecule has 0 aliphatic carbocycles. The molecule has 0 saturated carbocycles. The van der Waals surface area contributed by atoms with Crippen LogP contribution in [0.5, 0.6) is 0 Å². The van der Waals surface area contributed by atoms with Crippen LogP contribution in [0.1, 0.15) is 11.1 Å². The summed E-state index contributed by atoms with van der Waals surface area (Å²) in [6, 6.07) is 59.2. The second-order valence-corrected chi connectivity index (χ2v) is 14.9. The van der Waals surface area contributed by atoms with Crippen molar-refractivity contribution in [2.45, 2.75) is 13.8 Å². The fourth-order valence-electron chi connectivity index (χ4n) is 7.90. The fraction of sp³-hybridized carbons (Fsp3) is 0.0377. The molecule has 2 heterocycles. The zero-order valence-corrected chi connectivity index (χ0v) is 32.4. The molecule has 0 bridgehead atoms. The van der Waals surface area contributed by atoms with Crippen molar-refractivity contribution < 1.29 is 8.78 Å². The van der Waals surface area contributed by atoms with Gasteiger partial charge in [0, 0.05) is 27.5 Å². The smallest absolute Gasteiger partial charge is 0.166 e. The molecule has 59 heavy (non-hydrogen) atoms. The number of nitrogens with zero attached hydrogens (tertiary/aromatic N) is 4. The van der Waals surface area contributed by atoms with E-state index in [-0.39, 0.29) is 5.56 Å². The molecule has 0 N–H and O–H groups in total. The van der Waals surface area contributed by atoms with Gasteiger partial charge in [0.15, 0.2) is 17.5 Å². The zero-order valence-electron chi connectivity index (χ0n) is 32.4. The third kappa shape index (κ3) is 6.64. The van der Waals surface area contributed by atoms with Gasteiger partial charge in [-0.1, -0.05) is 157 Å². The van der Waals surface area contributed by atoms with Crippen molar-refractivity contribution in [2.75, 3.05) is 0 Å². The number of benzene rings is 8. The number of fused-ring (bicyclic) bond motifs is 3. The standard InChI is InChI=1S/C53H36F2N4/c1-33-16-20-35(21-17-33)39-24-27-42-43-28-25-40(36-22-18-34(2)19-23-36)32-49(43)59(48(42)31-39)47-29-26-41(50-45(54)14-9-15-46(50)55)30-44(47)53-57-51(37-10-5-3-6-11-37)56-52(58-53)38-12-7-4-8-13-38/h3-32H,1-2H3. The van der Waals surface area contributed by atoms with Crippen molar-refractivity contribution in [3.05, 3.63) is 205 Å². The molecule has 8 aromatic carbocycles. The Kier molecular flexibility index (Phi) is 8.95. The van der Waals surface area contributed by atoms with E-state index in [9.17, 15) is 0 Å². The van der Waals surface area contributed by atoms with Gasteiger partial charge in [-0.2, -0.15) is 0 Å². The number of hydrogen-bond acceptors (Lipinski definition) is 3. The summed E-state index contributed by atoms with van der Waals surface area (Å²) >= 11 is 0. The Bertz CT molecular complexity index is 2990. The van der Waals surface area contributed by atoms with E-state index in [1.54, 1.807) is 12.1 Å². The van der Waals surface area contributed by atoms with Gasteiger partial charge in [0.1, 0.15) is 11.6 Å². The van der Waals surface area contributed by atoms with E-state index in [2.05, 4.69) is 103 Å². The minimum absolute atomic E-state index is 0.119. The predicted molar refractivity (Wildman–Crippen MR) is 236 cm³/mol. The Morgan fingerprint density at radius 3 is 1.31 bits per heavy atom. The lowest BCUT2D eigenvalue weighted by Crippen LogP contribution is -2.04. The molecule has 4 nitrogen and oxygen atoms in total. The third-order valence-electron chi connectivity index (χ3n) is 11.0. The first-order chi connectivity index (χ1) is 28.9. The van der Waals surface area contributed by atoms with E-state index in [1.165, 1.54) is 29.3 Å². The summed E-state index contributed by atoms with van der Waals surface area (Å²) in [5.41, 5.74) is 11.8. The third-order valence-corrected chi connectivity index (χ3v) is 11.0. The fourth-order valence-corrected chi connectivity index (χ4v) is 7.90. The average Bonchev–Trinajstić information content (AvgIpc) is 3.60. The molecule has 0 unspecified atom stereocenters. The van der Waals surface area contributed by atoms with Gasteiger partial charge >= 0.3 is 0 Å². The number of hydrogen-bond donors (Lipinski definition) is 0. The van der Waals surface area contributed by atoms with Crippen molar-refractivity contribution in [2.24, 2.45) is 0 Å². The molecule has 0 fully saturated rings. The van der Waals surface area contributed by atoms with Crippen molar-refractivity contribution >= 4 is 21.8 Å². The van der Waals surface area contributed by atoms with Crippen LogP contribution in [-0.2, 0) is 0 Å². The minimum atomic E-state index is -0.656. The quantitative estimate of drug-likeness (QED) is 0.162. The Labute approximate surface area is 340 Å². The van der Waals surface area contributed by atoms with Gasteiger partial charge in [-0.3, -0.25) is 0 Å². The largest absolute Gasteiger partial charge is 0.308 e. The van der Waals surface area contributed by atoms with Gasteiger partial charge in [-0.25, -0.2) is 23.7 Å². The zero-order chi connectivity index (χ0) is 40.0. The van der Waals surface area contributed by atoms with E-state index >= 15 is 8.78 Å². The molecule has 10 aromatic rings. The van der Waals surface area contributed by atoms with Crippen LogP contribution in [0, 0.1) is 25.5 Å². The van der Waals surface area contributed by atoms with Crippen molar-refractivity contribution in [1.82, 2.24) is 19.5 Å². The van der Waals surface area contributed by atoms with Crippen LogP contribution >= 0.6 is 0 Å². The van der Waals surface area contributed by atoms with E-state index in [0.29, 0.717) is 28.6 Å². The van der Waals surface area contributed by atoms with Crippen molar-refractivity contribution in [3.8, 4) is 73.2 Å². The van der Waals surface area contributed by atoms with Crippen LogP contribution in [-0.4, -0.2) is 19.5 Å². The van der Waals surface area contributed by atoms with Crippen LogP contribution in [0.2, 0.25) is 0 Å². The van der Waals surface area contributed by atoms with Gasteiger partial charge in [0.25, 0.3) is 0 Å². The van der Waals surface area contributed by atoms with Gasteiger partial charge < -0.3 is 4.57 Å². The topological polar surface area (TPSA) is 43.6 Å². The second-order valence-electron chi connectivity index (χ2n) is 14.9. The molecule has 2 aromatic heterocycles. The maximum atomic E-state index is 15.6. The summed E-state index contributed by atoms with van der Waals surface area (Å²) < 4.78 is 33.5. The van der Waals surface area contributed by atoms with Gasteiger partial charge in [0.05, 0.1) is 22.3 Å². The Balaban J connectivity index is 1.31. The highest BCUT2D eigenvalue weighted by molar-refractivity contribution is 6.11. The Morgan fingerprint density at radius 2 is 0.814 bits per heavy atom. The highest BCUT2D eigenvalue weighted by Crippen LogP contribution is 2.41. The molecule has 282 valence electrons. The maximum Gasteiger partial charge on any atom is 0.166 e. The SMILES string of the molecule is Cc1ccc(-c2ccc3c4ccc(-c5ccc(C)cc5)cc4n(-c4ccc(-c5c(F)cccc5F)cc4-c4nc(-c5ccccc5)nc(-c5ccccc5)n4)c3c2)cc1. The second kappa shape index (κ2) is 14.7. The van der Waals surface area contributed by atoms with E-state index < -0.39 is 11.6 Å². The summed E-state index contributed by atoms with van der Waals surface area (Å²) in [5.74, 6) is 0.0146. The summed E-state index contributed by atoms with van der Waals surface area (Å²) in [7, 11) is 0. The molecule has 0 saturated heterocycles. The van der Waals surface area contributed by atoms with Gasteiger partial charge in [-0.05, 0) is 78.1 Å². The lowest BCUT2D eigenvalue weighted by Gasteiger charge is -2.17. The summed E-state index contributed by atoms with van der Waals surface area (Å²) in [4.78, 5) is 15.2. The molecule has 0 spiro atoms. The number of rotatable bonds is 7. The van der Waals surface area contributed by atoms with E-state index in [4.69, 9.17) is 15.0 Å². The molecule has 0 aliphatic rings. The molecule has 0 radical (unpaired) electrons. The van der Waals surface area contributed by atoms with Crippen LogP contribution in [0.3, 0.4) is 0 Å². The first-order valence-electron chi connectivity index (χ1n) is 19.6. The highest BCUT2D eigenvalue weighted by Gasteiger charge is 2.23. The van der Waals surface area contributed by atoms with Gasteiger partial charge in [-0.15, -0.1) is 0 Å². The number of aryl methyl sites for hydroxylation is 2. The molecule has 0 amide bonds. The summed E-state index contributed by atoms with van der Waals surface area (Å²) in [6.45, 7) is 4.17. The molecule has 0 aliphatic heterocycles. The molecule has 10 rings (SSSR count). The molecule has 0 atom stereocenters. The van der Waals surface area contributed by atoms with Crippen LogP contribution < -0.4 is 0 Å². The molecule has 6 heteroatoms. The number of halogens is 2. The van der Waals surface area contributed by atoms with E-state index in [0.717, 1.165) is 60.9 Å². The normalized spacial score (nSPS) is 11.4. The highest BCUT2D eigenvalue weighted by atomic mass is 19.1. The lowest BCUT2D eigenvalue weighted by molar-refractivity contribution is 0.589. The number of aromatic nitrogens is 4. The van der Waals surface area contributed by atoms with Crippen LogP contribution in [0.15, 0.2) is 182 Å². The van der Waals surface area contributed by atoms with E-state index in [1.807, 2.05) is 66.7 Å². The van der Waals surface area contributed by atoms with Crippen LogP contribution in [0.4, 0.5) is 8.78 Å².